The summed E-state index contributed by atoms with van der Waals surface area (Å²) in [6, 6.07) is 0. The molecule has 0 aliphatic carbocycles. The summed E-state index contributed by atoms with van der Waals surface area (Å²) in [6.07, 6.45) is 4.81. The number of ether oxygens (including phenoxy) is 1. The van der Waals surface area contributed by atoms with Crippen LogP contribution >= 0.6 is 0 Å². The van der Waals surface area contributed by atoms with Crippen molar-refractivity contribution in [3.05, 3.63) is 0 Å². The van der Waals surface area contributed by atoms with Crippen LogP contribution in [0.25, 0.3) is 0 Å². The maximum absolute atomic E-state index is 10.3. The molecular weight excluding hydrogens is 176 g/mol. The van der Waals surface area contributed by atoms with Crippen molar-refractivity contribution < 1.29 is 9.53 Å². The number of hydrogen-bond donors (Lipinski definition) is 0. The van der Waals surface area contributed by atoms with Crippen molar-refractivity contribution in [2.45, 2.75) is 53.1 Å². The van der Waals surface area contributed by atoms with E-state index in [1.165, 1.54) is 12.8 Å². The Morgan fingerprint density at radius 1 is 1.14 bits per heavy atom. The van der Waals surface area contributed by atoms with Crippen LogP contribution in [0.1, 0.15) is 47.0 Å². The number of hydrogen-bond acceptors (Lipinski definition) is 2. The molecule has 2 atom stereocenters. The molecule has 2 heteroatoms. The molecule has 0 fully saturated rings. The molecular formula is C12H24O2. The van der Waals surface area contributed by atoms with Crippen LogP contribution < -0.4 is 0 Å². The molecule has 0 heterocycles. The first-order valence-electron chi connectivity index (χ1n) is 5.63. The fourth-order valence-corrected chi connectivity index (χ4v) is 1.25. The molecule has 0 aromatic rings. The van der Waals surface area contributed by atoms with Gasteiger partial charge in [-0.15, -0.1) is 0 Å². The Labute approximate surface area is 88.0 Å². The van der Waals surface area contributed by atoms with Gasteiger partial charge >= 0.3 is 0 Å². The van der Waals surface area contributed by atoms with Crippen molar-refractivity contribution in [2.24, 2.45) is 11.8 Å². The van der Waals surface area contributed by atoms with Crippen molar-refractivity contribution in [1.82, 2.24) is 0 Å². The molecule has 0 aliphatic heterocycles. The summed E-state index contributed by atoms with van der Waals surface area (Å²) in [6.45, 7) is 9.00. The SMILES string of the molecule is CC(C)CCC[C@@H](C)OCC(C)C=O. The average molecular weight is 200 g/mol. The minimum atomic E-state index is 0.0301. The Morgan fingerprint density at radius 2 is 1.79 bits per heavy atom. The second kappa shape index (κ2) is 7.98. The zero-order chi connectivity index (χ0) is 11.0. The fraction of sp³-hybridized carbons (Fsp3) is 0.917. The molecule has 0 saturated heterocycles. The van der Waals surface area contributed by atoms with Crippen molar-refractivity contribution in [1.29, 1.82) is 0 Å². The summed E-state index contributed by atoms with van der Waals surface area (Å²) in [5.41, 5.74) is 0. The van der Waals surface area contributed by atoms with Gasteiger partial charge in [0.1, 0.15) is 6.29 Å². The van der Waals surface area contributed by atoms with Crippen molar-refractivity contribution >= 4 is 6.29 Å². The van der Waals surface area contributed by atoms with Gasteiger partial charge in [0.25, 0.3) is 0 Å². The predicted molar refractivity (Wildman–Crippen MR) is 59.3 cm³/mol. The van der Waals surface area contributed by atoms with Crippen LogP contribution in [0.4, 0.5) is 0 Å². The third-order valence-corrected chi connectivity index (χ3v) is 2.27. The van der Waals surface area contributed by atoms with E-state index in [2.05, 4.69) is 20.8 Å². The van der Waals surface area contributed by atoms with Crippen LogP contribution in [0.5, 0.6) is 0 Å². The molecule has 0 aromatic carbocycles. The molecule has 0 aliphatic rings. The lowest BCUT2D eigenvalue weighted by atomic mass is 10.0. The Morgan fingerprint density at radius 3 is 2.29 bits per heavy atom. The van der Waals surface area contributed by atoms with E-state index in [0.29, 0.717) is 6.61 Å². The predicted octanol–water partition coefficient (Wildman–Crippen LogP) is 3.05. The highest BCUT2D eigenvalue weighted by molar-refractivity contribution is 5.52. The smallest absolute Gasteiger partial charge is 0.125 e. The van der Waals surface area contributed by atoms with E-state index in [1.54, 1.807) is 0 Å². The molecule has 0 saturated carbocycles. The summed E-state index contributed by atoms with van der Waals surface area (Å²) in [5, 5.41) is 0. The maximum Gasteiger partial charge on any atom is 0.125 e. The molecule has 0 N–H and O–H groups in total. The molecule has 0 bridgehead atoms. The summed E-state index contributed by atoms with van der Waals surface area (Å²) >= 11 is 0. The Bertz CT molecular complexity index is 143. The molecule has 0 rings (SSSR count). The largest absolute Gasteiger partial charge is 0.378 e. The number of rotatable bonds is 8. The zero-order valence-electron chi connectivity index (χ0n) is 9.95. The maximum atomic E-state index is 10.3. The minimum Gasteiger partial charge on any atom is -0.378 e. The van der Waals surface area contributed by atoms with E-state index < -0.39 is 0 Å². The lowest BCUT2D eigenvalue weighted by molar-refractivity contribution is -0.113. The van der Waals surface area contributed by atoms with E-state index in [1.807, 2.05) is 6.92 Å². The third-order valence-electron chi connectivity index (χ3n) is 2.27. The van der Waals surface area contributed by atoms with Crippen LogP contribution in [0.3, 0.4) is 0 Å². The molecule has 0 spiro atoms. The zero-order valence-corrected chi connectivity index (χ0v) is 9.95. The topological polar surface area (TPSA) is 26.3 Å². The highest BCUT2D eigenvalue weighted by Gasteiger charge is 2.05. The molecule has 1 unspecified atom stereocenters. The first kappa shape index (κ1) is 13.6. The van der Waals surface area contributed by atoms with Gasteiger partial charge in [0, 0.05) is 5.92 Å². The monoisotopic (exact) mass is 200 g/mol. The van der Waals surface area contributed by atoms with Gasteiger partial charge in [-0.3, -0.25) is 0 Å². The molecule has 0 aromatic heterocycles. The Balaban J connectivity index is 3.36. The quantitative estimate of drug-likeness (QED) is 0.563. The van der Waals surface area contributed by atoms with Gasteiger partial charge in [0.05, 0.1) is 12.7 Å². The first-order chi connectivity index (χ1) is 6.56. The van der Waals surface area contributed by atoms with Crippen LogP contribution in [0, 0.1) is 11.8 Å². The second-order valence-corrected chi connectivity index (χ2v) is 4.58. The summed E-state index contributed by atoms with van der Waals surface area (Å²) in [5.74, 6) is 0.804. The van der Waals surface area contributed by atoms with Crippen LogP contribution in [0.15, 0.2) is 0 Å². The Hall–Kier alpha value is -0.370. The highest BCUT2D eigenvalue weighted by Crippen LogP contribution is 2.10. The minimum absolute atomic E-state index is 0.0301. The van der Waals surface area contributed by atoms with E-state index in [0.717, 1.165) is 18.6 Å². The van der Waals surface area contributed by atoms with Crippen molar-refractivity contribution in [3.63, 3.8) is 0 Å². The molecule has 0 amide bonds. The lowest BCUT2D eigenvalue weighted by Crippen LogP contribution is -2.14. The Kier molecular flexibility index (Phi) is 7.77. The first-order valence-corrected chi connectivity index (χ1v) is 5.63. The standard InChI is InChI=1S/C12H24O2/c1-10(2)6-5-7-12(4)14-9-11(3)8-13/h8,10-12H,5-7,9H2,1-4H3/t11?,12-/m1/s1. The summed E-state index contributed by atoms with van der Waals surface area (Å²) in [4.78, 5) is 10.3. The average Bonchev–Trinajstić information content (AvgIpc) is 2.13. The van der Waals surface area contributed by atoms with Gasteiger partial charge < -0.3 is 9.53 Å². The van der Waals surface area contributed by atoms with Gasteiger partial charge in [0.15, 0.2) is 0 Å². The lowest BCUT2D eigenvalue weighted by Gasteiger charge is -2.14. The number of carbonyl (C=O) groups excluding carboxylic acids is 1. The molecule has 2 nitrogen and oxygen atoms in total. The van der Waals surface area contributed by atoms with Crippen LogP contribution in [0.2, 0.25) is 0 Å². The normalized spacial score (nSPS) is 15.5. The summed E-state index contributed by atoms with van der Waals surface area (Å²) < 4.78 is 5.55. The van der Waals surface area contributed by atoms with Gasteiger partial charge in [-0.25, -0.2) is 0 Å². The van der Waals surface area contributed by atoms with Crippen LogP contribution in [-0.2, 0) is 9.53 Å². The van der Waals surface area contributed by atoms with E-state index in [4.69, 9.17) is 4.74 Å². The van der Waals surface area contributed by atoms with Crippen molar-refractivity contribution in [3.8, 4) is 0 Å². The van der Waals surface area contributed by atoms with Crippen molar-refractivity contribution in [2.75, 3.05) is 6.61 Å². The number of aldehydes is 1. The van der Waals surface area contributed by atoms with Gasteiger partial charge in [0.2, 0.25) is 0 Å². The molecule has 0 radical (unpaired) electrons. The second-order valence-electron chi connectivity index (χ2n) is 4.58. The van der Waals surface area contributed by atoms with E-state index in [9.17, 15) is 4.79 Å². The fourth-order valence-electron chi connectivity index (χ4n) is 1.25. The third kappa shape index (κ3) is 8.24. The van der Waals surface area contributed by atoms with Gasteiger partial charge in [-0.05, 0) is 19.3 Å². The summed E-state index contributed by atoms with van der Waals surface area (Å²) in [7, 11) is 0. The molecule has 84 valence electrons. The van der Waals surface area contributed by atoms with Gasteiger partial charge in [-0.2, -0.15) is 0 Å². The number of carbonyl (C=O) groups is 1. The van der Waals surface area contributed by atoms with E-state index in [-0.39, 0.29) is 12.0 Å². The highest BCUT2D eigenvalue weighted by atomic mass is 16.5. The molecule has 14 heavy (non-hydrogen) atoms. The van der Waals surface area contributed by atoms with E-state index >= 15 is 0 Å². The van der Waals surface area contributed by atoms with Crippen LogP contribution in [-0.4, -0.2) is 19.0 Å². The van der Waals surface area contributed by atoms with Gasteiger partial charge in [-0.1, -0.05) is 33.6 Å².